The van der Waals surface area contributed by atoms with Crippen LogP contribution in [0.15, 0.2) is 28.6 Å². The average Bonchev–Trinajstić information content (AvgIpc) is 3.11. The van der Waals surface area contributed by atoms with Crippen molar-refractivity contribution >= 4 is 23.0 Å². The molecule has 0 saturated carbocycles. The SMILES string of the molecule is CCNC(=NCc1csc(C(C)(C)C)n1)Nc1ccc(OCC)c(OC)c1. The Bertz CT molecular complexity index is 766. The van der Waals surface area contributed by atoms with E-state index in [0.717, 1.165) is 28.7 Å². The minimum atomic E-state index is 0.0637. The van der Waals surface area contributed by atoms with Crippen molar-refractivity contribution in [3.8, 4) is 11.5 Å². The van der Waals surface area contributed by atoms with E-state index in [1.54, 1.807) is 18.4 Å². The fraction of sp³-hybridized carbons (Fsp3) is 0.500. The molecule has 0 fully saturated rings. The van der Waals surface area contributed by atoms with Crippen LogP contribution in [-0.2, 0) is 12.0 Å². The van der Waals surface area contributed by atoms with E-state index in [1.807, 2.05) is 32.0 Å². The third-order valence-corrected chi connectivity index (χ3v) is 4.98. The minimum Gasteiger partial charge on any atom is -0.493 e. The highest BCUT2D eigenvalue weighted by Gasteiger charge is 2.17. The number of nitrogens with zero attached hydrogens (tertiary/aromatic N) is 2. The Balaban J connectivity index is 2.12. The molecule has 2 N–H and O–H groups in total. The quantitative estimate of drug-likeness (QED) is 0.541. The lowest BCUT2D eigenvalue weighted by Gasteiger charge is -2.14. The lowest BCUT2D eigenvalue weighted by Crippen LogP contribution is -2.30. The Labute approximate surface area is 166 Å². The van der Waals surface area contributed by atoms with Gasteiger partial charge in [0.05, 0.1) is 31.0 Å². The fourth-order valence-corrected chi connectivity index (χ4v) is 3.25. The van der Waals surface area contributed by atoms with Crippen LogP contribution in [0, 0.1) is 0 Å². The van der Waals surface area contributed by atoms with E-state index in [-0.39, 0.29) is 5.41 Å². The van der Waals surface area contributed by atoms with Crippen LogP contribution in [0.1, 0.15) is 45.3 Å². The van der Waals surface area contributed by atoms with Gasteiger partial charge in [-0.1, -0.05) is 20.8 Å². The van der Waals surface area contributed by atoms with Crippen molar-refractivity contribution in [2.24, 2.45) is 4.99 Å². The van der Waals surface area contributed by atoms with Gasteiger partial charge in [0.15, 0.2) is 17.5 Å². The first-order valence-corrected chi connectivity index (χ1v) is 10.1. The van der Waals surface area contributed by atoms with Gasteiger partial charge in [-0.15, -0.1) is 11.3 Å². The van der Waals surface area contributed by atoms with Gasteiger partial charge in [-0.05, 0) is 26.0 Å². The molecule has 2 aromatic rings. The van der Waals surface area contributed by atoms with Crippen molar-refractivity contribution < 1.29 is 9.47 Å². The molecule has 0 atom stereocenters. The fourth-order valence-electron chi connectivity index (χ4n) is 2.35. The summed E-state index contributed by atoms with van der Waals surface area (Å²) in [6.45, 7) is 12.4. The highest BCUT2D eigenvalue weighted by molar-refractivity contribution is 7.09. The number of hydrogen-bond acceptors (Lipinski definition) is 5. The Morgan fingerprint density at radius 1 is 1.22 bits per heavy atom. The summed E-state index contributed by atoms with van der Waals surface area (Å²) in [6.07, 6.45) is 0. The summed E-state index contributed by atoms with van der Waals surface area (Å²) in [5.74, 6) is 2.12. The summed E-state index contributed by atoms with van der Waals surface area (Å²) < 4.78 is 11.0. The monoisotopic (exact) mass is 390 g/mol. The molecule has 0 aliphatic rings. The molecule has 1 aromatic carbocycles. The molecule has 0 aliphatic carbocycles. The smallest absolute Gasteiger partial charge is 0.196 e. The van der Waals surface area contributed by atoms with Crippen LogP contribution in [0.4, 0.5) is 5.69 Å². The molecular formula is C20H30N4O2S. The molecule has 0 saturated heterocycles. The summed E-state index contributed by atoms with van der Waals surface area (Å²) >= 11 is 1.69. The van der Waals surface area contributed by atoms with E-state index in [4.69, 9.17) is 14.5 Å². The van der Waals surface area contributed by atoms with Gasteiger partial charge in [0.1, 0.15) is 0 Å². The van der Waals surface area contributed by atoms with Gasteiger partial charge in [0.2, 0.25) is 0 Å². The molecule has 27 heavy (non-hydrogen) atoms. The van der Waals surface area contributed by atoms with Gasteiger partial charge in [0, 0.05) is 29.1 Å². The van der Waals surface area contributed by atoms with E-state index in [1.165, 1.54) is 0 Å². The number of aromatic nitrogens is 1. The molecule has 6 nitrogen and oxygen atoms in total. The molecule has 0 unspecified atom stereocenters. The van der Waals surface area contributed by atoms with E-state index in [2.05, 4.69) is 41.8 Å². The second-order valence-corrected chi connectivity index (χ2v) is 7.87. The van der Waals surface area contributed by atoms with Crippen molar-refractivity contribution in [3.63, 3.8) is 0 Å². The number of guanidine groups is 1. The van der Waals surface area contributed by atoms with Crippen molar-refractivity contribution in [2.75, 3.05) is 25.6 Å². The number of hydrogen-bond donors (Lipinski definition) is 2. The number of anilines is 1. The van der Waals surface area contributed by atoms with Crippen LogP contribution >= 0.6 is 11.3 Å². The molecule has 1 aromatic heterocycles. The maximum absolute atomic E-state index is 5.56. The maximum atomic E-state index is 5.56. The second kappa shape index (κ2) is 9.60. The summed E-state index contributed by atoms with van der Waals surface area (Å²) in [7, 11) is 1.63. The molecular weight excluding hydrogens is 360 g/mol. The molecule has 0 spiro atoms. The number of nitrogens with one attached hydrogen (secondary N) is 2. The van der Waals surface area contributed by atoms with Crippen LogP contribution in [0.2, 0.25) is 0 Å². The standard InChI is InChI=1S/C20H30N4O2S/c1-7-21-19(22-12-15-13-27-18(23-15)20(3,4)5)24-14-9-10-16(26-8-2)17(11-14)25-6/h9-11,13H,7-8,12H2,1-6H3,(H2,21,22,24). The Morgan fingerprint density at radius 3 is 2.59 bits per heavy atom. The van der Waals surface area contributed by atoms with Crippen molar-refractivity contribution in [3.05, 3.63) is 34.3 Å². The number of ether oxygens (including phenoxy) is 2. The number of rotatable bonds is 7. The number of methoxy groups -OCH3 is 1. The van der Waals surface area contributed by atoms with Crippen molar-refractivity contribution in [2.45, 2.75) is 46.6 Å². The third-order valence-electron chi connectivity index (χ3n) is 3.66. The van der Waals surface area contributed by atoms with Crippen LogP contribution in [0.3, 0.4) is 0 Å². The molecule has 148 valence electrons. The Kier molecular flexibility index (Phi) is 7.47. The highest BCUT2D eigenvalue weighted by atomic mass is 32.1. The molecule has 2 rings (SSSR count). The van der Waals surface area contributed by atoms with E-state index in [9.17, 15) is 0 Å². The molecule has 0 radical (unpaired) electrons. The predicted molar refractivity (Wildman–Crippen MR) is 113 cm³/mol. The molecule has 0 amide bonds. The number of thiazole rings is 1. The van der Waals surface area contributed by atoms with Gasteiger partial charge in [0.25, 0.3) is 0 Å². The first kappa shape index (κ1) is 21.0. The van der Waals surface area contributed by atoms with Gasteiger partial charge in [-0.2, -0.15) is 0 Å². The van der Waals surface area contributed by atoms with E-state index < -0.39 is 0 Å². The summed E-state index contributed by atoms with van der Waals surface area (Å²) in [5.41, 5.74) is 1.92. The summed E-state index contributed by atoms with van der Waals surface area (Å²) in [6, 6.07) is 5.74. The van der Waals surface area contributed by atoms with Crippen molar-refractivity contribution in [1.82, 2.24) is 10.3 Å². The van der Waals surface area contributed by atoms with Crippen LogP contribution in [0.5, 0.6) is 11.5 Å². The predicted octanol–water partition coefficient (Wildman–Crippen LogP) is 4.43. The average molecular weight is 391 g/mol. The normalized spacial score (nSPS) is 12.0. The van der Waals surface area contributed by atoms with E-state index in [0.29, 0.717) is 24.9 Å². The lowest BCUT2D eigenvalue weighted by atomic mass is 9.98. The van der Waals surface area contributed by atoms with Gasteiger partial charge >= 0.3 is 0 Å². The van der Waals surface area contributed by atoms with Gasteiger partial charge in [-0.3, -0.25) is 0 Å². The van der Waals surface area contributed by atoms with Gasteiger partial charge < -0.3 is 20.1 Å². The van der Waals surface area contributed by atoms with Crippen LogP contribution in [-0.4, -0.2) is 31.2 Å². The van der Waals surface area contributed by atoms with E-state index >= 15 is 0 Å². The van der Waals surface area contributed by atoms with Crippen LogP contribution < -0.4 is 20.1 Å². The Morgan fingerprint density at radius 2 is 2.00 bits per heavy atom. The minimum absolute atomic E-state index is 0.0637. The zero-order valence-electron chi connectivity index (χ0n) is 17.0. The van der Waals surface area contributed by atoms with Crippen molar-refractivity contribution in [1.29, 1.82) is 0 Å². The zero-order valence-corrected chi connectivity index (χ0v) is 17.9. The molecule has 1 heterocycles. The molecule has 7 heteroatoms. The first-order chi connectivity index (χ1) is 12.9. The topological polar surface area (TPSA) is 67.8 Å². The van der Waals surface area contributed by atoms with Gasteiger partial charge in [-0.25, -0.2) is 9.98 Å². The highest BCUT2D eigenvalue weighted by Crippen LogP contribution is 2.30. The first-order valence-electron chi connectivity index (χ1n) is 9.18. The number of benzene rings is 1. The number of aliphatic imine (C=N–C) groups is 1. The largest absolute Gasteiger partial charge is 0.493 e. The summed E-state index contributed by atoms with van der Waals surface area (Å²) in [5, 5.41) is 9.77. The van der Waals surface area contributed by atoms with Crippen LogP contribution in [0.25, 0.3) is 0 Å². The lowest BCUT2D eigenvalue weighted by molar-refractivity contribution is 0.311. The summed E-state index contributed by atoms with van der Waals surface area (Å²) in [4.78, 5) is 9.35. The Hall–Kier alpha value is -2.28. The second-order valence-electron chi connectivity index (χ2n) is 7.01. The molecule has 0 bridgehead atoms. The zero-order chi connectivity index (χ0) is 19.9. The maximum Gasteiger partial charge on any atom is 0.196 e. The molecule has 0 aliphatic heterocycles. The third kappa shape index (κ3) is 6.13.